The van der Waals surface area contributed by atoms with Gasteiger partial charge in [-0.25, -0.2) is 13.2 Å². The van der Waals surface area contributed by atoms with Gasteiger partial charge in [-0.3, -0.25) is 0 Å². The normalized spacial score (nSPS) is 16.4. The van der Waals surface area contributed by atoms with E-state index in [1.54, 1.807) is 12.0 Å². The van der Waals surface area contributed by atoms with Crippen molar-refractivity contribution in [2.45, 2.75) is 6.54 Å². The van der Waals surface area contributed by atoms with E-state index in [-0.39, 0.29) is 6.03 Å². The Labute approximate surface area is 130 Å². The van der Waals surface area contributed by atoms with Crippen molar-refractivity contribution in [3.05, 3.63) is 29.8 Å². The number of nitrogens with zero attached hydrogens (tertiary/aromatic N) is 2. The topological polar surface area (TPSA) is 79.0 Å². The van der Waals surface area contributed by atoms with E-state index >= 15 is 0 Å². The highest BCUT2D eigenvalue weighted by molar-refractivity contribution is 7.88. The molecule has 22 heavy (non-hydrogen) atoms. The fourth-order valence-electron chi connectivity index (χ4n) is 2.26. The molecule has 0 bridgehead atoms. The zero-order chi connectivity index (χ0) is 16.2. The average molecular weight is 327 g/mol. The highest BCUT2D eigenvalue weighted by Gasteiger charge is 2.25. The molecule has 0 saturated carbocycles. The minimum Gasteiger partial charge on any atom is -0.497 e. The van der Waals surface area contributed by atoms with Gasteiger partial charge in [0.15, 0.2) is 0 Å². The van der Waals surface area contributed by atoms with Crippen LogP contribution in [0.1, 0.15) is 5.56 Å². The first-order chi connectivity index (χ1) is 10.4. The summed E-state index contributed by atoms with van der Waals surface area (Å²) in [5, 5.41) is 2.84. The largest absolute Gasteiger partial charge is 0.497 e. The van der Waals surface area contributed by atoms with Gasteiger partial charge >= 0.3 is 6.03 Å². The first-order valence-corrected chi connectivity index (χ1v) is 8.86. The molecule has 0 spiro atoms. The van der Waals surface area contributed by atoms with E-state index in [1.165, 1.54) is 10.6 Å². The molecule has 7 nitrogen and oxygen atoms in total. The summed E-state index contributed by atoms with van der Waals surface area (Å²) in [4.78, 5) is 13.7. The molecule has 2 amide bonds. The van der Waals surface area contributed by atoms with Crippen molar-refractivity contribution < 1.29 is 17.9 Å². The third-order valence-electron chi connectivity index (χ3n) is 3.60. The molecular weight excluding hydrogens is 306 g/mol. The molecule has 8 heteroatoms. The van der Waals surface area contributed by atoms with Crippen LogP contribution in [0, 0.1) is 0 Å². The molecule has 1 aliphatic rings. The minimum absolute atomic E-state index is 0.177. The first kappa shape index (κ1) is 16.6. The number of piperazine rings is 1. The van der Waals surface area contributed by atoms with Gasteiger partial charge in [0.2, 0.25) is 10.0 Å². The summed E-state index contributed by atoms with van der Waals surface area (Å²) in [5.74, 6) is 0.770. The van der Waals surface area contributed by atoms with E-state index in [1.807, 2.05) is 24.3 Å². The molecule has 1 aliphatic heterocycles. The Morgan fingerprint density at radius 1 is 1.18 bits per heavy atom. The molecule has 0 radical (unpaired) electrons. The lowest BCUT2D eigenvalue weighted by molar-refractivity contribution is 0.172. The van der Waals surface area contributed by atoms with Crippen molar-refractivity contribution in [2.24, 2.45) is 0 Å². The number of carbonyl (C=O) groups is 1. The summed E-state index contributed by atoms with van der Waals surface area (Å²) in [6, 6.07) is 7.28. The van der Waals surface area contributed by atoms with Gasteiger partial charge in [0, 0.05) is 32.7 Å². The summed E-state index contributed by atoms with van der Waals surface area (Å²) >= 11 is 0. The van der Waals surface area contributed by atoms with Crippen LogP contribution in [0.5, 0.6) is 5.75 Å². The zero-order valence-corrected chi connectivity index (χ0v) is 13.6. The molecular formula is C14H21N3O4S. The Morgan fingerprint density at radius 3 is 2.27 bits per heavy atom. The van der Waals surface area contributed by atoms with Gasteiger partial charge in [0.05, 0.1) is 13.4 Å². The Hall–Kier alpha value is -1.80. The van der Waals surface area contributed by atoms with Crippen LogP contribution in [-0.4, -0.2) is 63.2 Å². The van der Waals surface area contributed by atoms with Crippen molar-refractivity contribution >= 4 is 16.1 Å². The number of benzene rings is 1. The zero-order valence-electron chi connectivity index (χ0n) is 12.8. The van der Waals surface area contributed by atoms with E-state index in [9.17, 15) is 13.2 Å². The number of urea groups is 1. The number of hydrogen-bond acceptors (Lipinski definition) is 4. The van der Waals surface area contributed by atoms with Gasteiger partial charge in [0.1, 0.15) is 5.75 Å². The summed E-state index contributed by atoms with van der Waals surface area (Å²) in [6.45, 7) is 1.92. The Morgan fingerprint density at radius 2 is 1.77 bits per heavy atom. The van der Waals surface area contributed by atoms with E-state index in [2.05, 4.69) is 5.32 Å². The molecule has 1 saturated heterocycles. The molecule has 0 aromatic heterocycles. The second kappa shape index (κ2) is 6.97. The predicted octanol–water partition coefficient (Wildman–Crippen LogP) is 0.482. The Kier molecular flexibility index (Phi) is 5.25. The van der Waals surface area contributed by atoms with E-state index in [4.69, 9.17) is 4.74 Å². The van der Waals surface area contributed by atoms with Crippen LogP contribution in [0.3, 0.4) is 0 Å². The third kappa shape index (κ3) is 4.35. The number of nitrogens with one attached hydrogen (secondary N) is 1. The SMILES string of the molecule is COc1ccc(CNC(=O)N2CCN(S(C)(=O)=O)CC2)cc1. The predicted molar refractivity (Wildman–Crippen MR) is 83.2 cm³/mol. The molecule has 1 heterocycles. The van der Waals surface area contributed by atoms with E-state index in [0.29, 0.717) is 32.7 Å². The average Bonchev–Trinajstić information content (AvgIpc) is 2.52. The van der Waals surface area contributed by atoms with Crippen LogP contribution >= 0.6 is 0 Å². The van der Waals surface area contributed by atoms with Gasteiger partial charge in [0.25, 0.3) is 0 Å². The molecule has 122 valence electrons. The number of sulfonamides is 1. The summed E-state index contributed by atoms with van der Waals surface area (Å²) in [6.07, 6.45) is 1.19. The first-order valence-electron chi connectivity index (χ1n) is 7.01. The van der Waals surface area contributed by atoms with Crippen molar-refractivity contribution in [3.8, 4) is 5.75 Å². The molecule has 0 aliphatic carbocycles. The van der Waals surface area contributed by atoms with Gasteiger partial charge < -0.3 is 15.0 Å². The van der Waals surface area contributed by atoms with E-state index < -0.39 is 10.0 Å². The van der Waals surface area contributed by atoms with Crippen molar-refractivity contribution in [1.82, 2.24) is 14.5 Å². The van der Waals surface area contributed by atoms with Crippen molar-refractivity contribution in [1.29, 1.82) is 0 Å². The number of methoxy groups -OCH3 is 1. The Bertz CT molecular complexity index is 607. The molecule has 1 N–H and O–H groups in total. The Balaban J connectivity index is 1.80. The fraction of sp³-hybridized carbons (Fsp3) is 0.500. The van der Waals surface area contributed by atoms with Crippen molar-refractivity contribution in [3.63, 3.8) is 0 Å². The third-order valence-corrected chi connectivity index (χ3v) is 4.90. The molecule has 1 fully saturated rings. The second-order valence-electron chi connectivity index (χ2n) is 5.16. The number of hydrogen-bond donors (Lipinski definition) is 1. The van der Waals surface area contributed by atoms with Crippen LogP contribution in [-0.2, 0) is 16.6 Å². The number of ether oxygens (including phenoxy) is 1. The number of rotatable bonds is 4. The molecule has 2 rings (SSSR count). The molecule has 0 atom stereocenters. The fourth-order valence-corrected chi connectivity index (χ4v) is 3.08. The summed E-state index contributed by atoms with van der Waals surface area (Å²) in [5.41, 5.74) is 0.976. The lowest BCUT2D eigenvalue weighted by Gasteiger charge is -2.33. The van der Waals surface area contributed by atoms with Crippen LogP contribution < -0.4 is 10.1 Å². The monoisotopic (exact) mass is 327 g/mol. The maximum atomic E-state index is 12.1. The molecule has 1 aromatic rings. The number of amides is 2. The highest BCUT2D eigenvalue weighted by atomic mass is 32.2. The smallest absolute Gasteiger partial charge is 0.317 e. The molecule has 0 unspecified atom stereocenters. The quantitative estimate of drug-likeness (QED) is 0.872. The second-order valence-corrected chi connectivity index (χ2v) is 7.14. The van der Waals surface area contributed by atoms with Gasteiger partial charge in [-0.1, -0.05) is 12.1 Å². The highest BCUT2D eigenvalue weighted by Crippen LogP contribution is 2.11. The maximum absolute atomic E-state index is 12.1. The standard InChI is InChI=1S/C14H21N3O4S/c1-21-13-5-3-12(4-6-13)11-15-14(18)16-7-9-17(10-8-16)22(2,19)20/h3-6H,7-11H2,1-2H3,(H,15,18). The van der Waals surface area contributed by atoms with E-state index in [0.717, 1.165) is 11.3 Å². The summed E-state index contributed by atoms with van der Waals surface area (Å²) in [7, 11) is -1.57. The van der Waals surface area contributed by atoms with Gasteiger partial charge in [-0.05, 0) is 17.7 Å². The van der Waals surface area contributed by atoms with Crippen molar-refractivity contribution in [2.75, 3.05) is 39.5 Å². The summed E-state index contributed by atoms with van der Waals surface area (Å²) < 4.78 is 29.3. The van der Waals surface area contributed by atoms with Gasteiger partial charge in [-0.2, -0.15) is 4.31 Å². The maximum Gasteiger partial charge on any atom is 0.317 e. The number of carbonyl (C=O) groups excluding carboxylic acids is 1. The van der Waals surface area contributed by atoms with Crippen LogP contribution in [0.2, 0.25) is 0 Å². The lowest BCUT2D eigenvalue weighted by atomic mass is 10.2. The minimum atomic E-state index is -3.17. The van der Waals surface area contributed by atoms with Crippen LogP contribution in [0.15, 0.2) is 24.3 Å². The van der Waals surface area contributed by atoms with Gasteiger partial charge in [-0.15, -0.1) is 0 Å². The van der Waals surface area contributed by atoms with Crippen LogP contribution in [0.4, 0.5) is 4.79 Å². The van der Waals surface area contributed by atoms with Crippen LogP contribution in [0.25, 0.3) is 0 Å². The molecule has 1 aromatic carbocycles. The lowest BCUT2D eigenvalue weighted by Crippen LogP contribution is -2.52.